The summed E-state index contributed by atoms with van der Waals surface area (Å²) in [5.74, 6) is -3.57. The Balaban J connectivity index is 1.79. The van der Waals surface area contributed by atoms with Crippen LogP contribution >= 0.6 is 0 Å². The Labute approximate surface area is 156 Å². The minimum Gasteiger partial charge on any atom is -0.453 e. The van der Waals surface area contributed by atoms with E-state index in [9.17, 15) is 18.4 Å². The number of nitrogens with zero attached hydrogens (tertiary/aromatic N) is 3. The first kappa shape index (κ1) is 19.2. The molecule has 3 rings (SSSR count). The summed E-state index contributed by atoms with van der Waals surface area (Å²) in [5.41, 5.74) is 1.74. The van der Waals surface area contributed by atoms with Crippen molar-refractivity contribution < 1.29 is 23.1 Å². The van der Waals surface area contributed by atoms with Crippen LogP contribution in [0.3, 0.4) is 0 Å². The molecule has 1 fully saturated rings. The first-order valence-corrected chi connectivity index (χ1v) is 8.62. The Hall–Kier alpha value is -2.55. The number of methoxy groups -OCH3 is 1. The highest BCUT2D eigenvalue weighted by molar-refractivity contribution is 6.03. The lowest BCUT2D eigenvalue weighted by molar-refractivity contribution is -0.133. The summed E-state index contributed by atoms with van der Waals surface area (Å²) in [6.45, 7) is -0.565. The summed E-state index contributed by atoms with van der Waals surface area (Å²) in [7, 11) is 2.97. The Morgan fingerprint density at radius 2 is 2.04 bits per heavy atom. The number of nitrogens with one attached hydrogen (secondary N) is 1. The summed E-state index contributed by atoms with van der Waals surface area (Å²) >= 11 is 0. The third-order valence-corrected chi connectivity index (χ3v) is 4.79. The van der Waals surface area contributed by atoms with Gasteiger partial charge in [0.1, 0.15) is 12.7 Å². The quantitative estimate of drug-likeness (QED) is 0.856. The lowest BCUT2D eigenvalue weighted by Crippen LogP contribution is -2.49. The highest BCUT2D eigenvalue weighted by Crippen LogP contribution is 2.36. The van der Waals surface area contributed by atoms with E-state index in [1.807, 2.05) is 35.2 Å². The van der Waals surface area contributed by atoms with Crippen molar-refractivity contribution in [2.45, 2.75) is 24.6 Å². The van der Waals surface area contributed by atoms with Gasteiger partial charge in [-0.15, -0.1) is 0 Å². The van der Waals surface area contributed by atoms with Crippen LogP contribution in [0.15, 0.2) is 35.3 Å². The van der Waals surface area contributed by atoms with Crippen molar-refractivity contribution in [2.75, 3.05) is 33.8 Å². The molecule has 2 atom stereocenters. The molecule has 7 nitrogen and oxygen atoms in total. The molecule has 27 heavy (non-hydrogen) atoms. The predicted molar refractivity (Wildman–Crippen MR) is 94.9 cm³/mol. The third kappa shape index (κ3) is 4.24. The SMILES string of the molecule is COC(=O)NCC(=O)N1CC(F)(F)CC1C1N=C(c2ccccc2)CN1C. The van der Waals surface area contributed by atoms with Gasteiger partial charge in [-0.3, -0.25) is 14.7 Å². The number of hydrogen-bond acceptors (Lipinski definition) is 5. The molecular weight excluding hydrogens is 358 g/mol. The molecule has 0 spiro atoms. The van der Waals surface area contributed by atoms with Gasteiger partial charge in [0.05, 0.1) is 25.4 Å². The third-order valence-electron chi connectivity index (χ3n) is 4.79. The molecule has 2 unspecified atom stereocenters. The second kappa shape index (κ2) is 7.59. The van der Waals surface area contributed by atoms with Gasteiger partial charge in [0.2, 0.25) is 5.91 Å². The van der Waals surface area contributed by atoms with E-state index in [4.69, 9.17) is 0 Å². The van der Waals surface area contributed by atoms with Gasteiger partial charge in [0.25, 0.3) is 5.92 Å². The summed E-state index contributed by atoms with van der Waals surface area (Å²) < 4.78 is 32.6. The standard InChI is InChI=1S/C18H22F2N4O3/c1-23-10-13(12-6-4-3-5-7-12)22-16(23)14-8-18(19,20)11-24(14)15(25)9-21-17(26)27-2/h3-7,14,16H,8-11H2,1-2H3,(H,21,26). The van der Waals surface area contributed by atoms with Crippen molar-refractivity contribution in [3.8, 4) is 0 Å². The Kier molecular flexibility index (Phi) is 5.41. The molecule has 1 aromatic rings. The maximum absolute atomic E-state index is 14.1. The van der Waals surface area contributed by atoms with Crippen molar-refractivity contribution in [1.29, 1.82) is 0 Å². The van der Waals surface area contributed by atoms with Crippen molar-refractivity contribution in [2.24, 2.45) is 4.99 Å². The van der Waals surface area contributed by atoms with Gasteiger partial charge in [-0.05, 0) is 12.6 Å². The van der Waals surface area contributed by atoms with Crippen LogP contribution in [0.4, 0.5) is 13.6 Å². The molecule has 1 N–H and O–H groups in total. The van der Waals surface area contributed by atoms with Gasteiger partial charge in [-0.1, -0.05) is 30.3 Å². The average molecular weight is 380 g/mol. The van der Waals surface area contributed by atoms with Crippen LogP contribution in [0.5, 0.6) is 0 Å². The number of ether oxygens (including phenoxy) is 1. The molecule has 0 aromatic heterocycles. The topological polar surface area (TPSA) is 74.2 Å². The van der Waals surface area contributed by atoms with Crippen LogP contribution in [0.1, 0.15) is 12.0 Å². The predicted octanol–water partition coefficient (Wildman–Crippen LogP) is 1.34. The van der Waals surface area contributed by atoms with Crippen molar-refractivity contribution >= 4 is 17.7 Å². The number of benzene rings is 1. The minimum absolute atomic E-state index is 0.398. The molecule has 0 saturated carbocycles. The molecule has 146 valence electrons. The van der Waals surface area contributed by atoms with E-state index >= 15 is 0 Å². The van der Waals surface area contributed by atoms with E-state index in [0.29, 0.717) is 6.54 Å². The van der Waals surface area contributed by atoms with Gasteiger partial charge >= 0.3 is 6.09 Å². The molecule has 9 heteroatoms. The number of alkyl carbamates (subject to hydrolysis) is 1. The van der Waals surface area contributed by atoms with Crippen LogP contribution in [-0.4, -0.2) is 79.4 Å². The lowest BCUT2D eigenvalue weighted by Gasteiger charge is -2.30. The highest BCUT2D eigenvalue weighted by atomic mass is 19.3. The number of aliphatic imine (C=N–C) groups is 1. The molecule has 2 heterocycles. The fourth-order valence-corrected chi connectivity index (χ4v) is 3.51. The monoisotopic (exact) mass is 380 g/mol. The normalized spacial score (nSPS) is 24.6. The fourth-order valence-electron chi connectivity index (χ4n) is 3.51. The van der Waals surface area contributed by atoms with Crippen molar-refractivity contribution in [1.82, 2.24) is 15.1 Å². The van der Waals surface area contributed by atoms with Crippen molar-refractivity contribution in [3.63, 3.8) is 0 Å². The Bertz CT molecular complexity index is 741. The molecular formula is C18H22F2N4O3. The maximum atomic E-state index is 14.1. The van der Waals surface area contributed by atoms with E-state index in [1.165, 1.54) is 7.11 Å². The van der Waals surface area contributed by atoms with E-state index in [0.717, 1.165) is 16.2 Å². The van der Waals surface area contributed by atoms with Gasteiger partial charge in [0.15, 0.2) is 0 Å². The van der Waals surface area contributed by atoms with E-state index < -0.39 is 49.6 Å². The first-order valence-electron chi connectivity index (χ1n) is 8.62. The van der Waals surface area contributed by atoms with Crippen LogP contribution in [0.25, 0.3) is 0 Å². The average Bonchev–Trinajstić information content (AvgIpc) is 3.19. The van der Waals surface area contributed by atoms with E-state index in [1.54, 1.807) is 7.05 Å². The Morgan fingerprint density at radius 3 is 2.70 bits per heavy atom. The molecule has 1 saturated heterocycles. The number of carbonyl (C=O) groups excluding carboxylic acids is 2. The second-order valence-electron chi connectivity index (χ2n) is 6.76. The molecule has 0 radical (unpaired) electrons. The summed E-state index contributed by atoms with van der Waals surface area (Å²) in [5, 5.41) is 2.25. The van der Waals surface area contributed by atoms with Crippen LogP contribution in [0.2, 0.25) is 0 Å². The number of carbonyl (C=O) groups is 2. The largest absolute Gasteiger partial charge is 0.453 e. The van der Waals surface area contributed by atoms with Crippen LogP contribution in [0, 0.1) is 0 Å². The second-order valence-corrected chi connectivity index (χ2v) is 6.76. The molecule has 2 amide bonds. The zero-order valence-electron chi connectivity index (χ0n) is 15.2. The zero-order chi connectivity index (χ0) is 19.6. The highest BCUT2D eigenvalue weighted by Gasteiger charge is 2.51. The number of alkyl halides is 2. The van der Waals surface area contributed by atoms with Crippen LogP contribution < -0.4 is 5.32 Å². The van der Waals surface area contributed by atoms with Gasteiger partial charge in [0, 0.05) is 13.0 Å². The molecule has 2 aliphatic heterocycles. The number of likely N-dealkylation sites (N-methyl/N-ethyl adjacent to an activating group) is 1. The lowest BCUT2D eigenvalue weighted by atomic mass is 10.1. The molecule has 2 aliphatic rings. The molecule has 0 aliphatic carbocycles. The number of rotatable bonds is 4. The fraction of sp³-hybridized carbons (Fsp3) is 0.500. The number of likely N-dealkylation sites (tertiary alicyclic amines) is 1. The van der Waals surface area contributed by atoms with E-state index in [-0.39, 0.29) is 0 Å². The first-order chi connectivity index (χ1) is 12.8. The van der Waals surface area contributed by atoms with Crippen LogP contribution in [-0.2, 0) is 9.53 Å². The number of amides is 2. The zero-order valence-corrected chi connectivity index (χ0v) is 15.2. The maximum Gasteiger partial charge on any atom is 0.407 e. The van der Waals surface area contributed by atoms with Gasteiger partial charge < -0.3 is 15.0 Å². The van der Waals surface area contributed by atoms with Crippen molar-refractivity contribution in [3.05, 3.63) is 35.9 Å². The number of halogens is 2. The summed E-state index contributed by atoms with van der Waals surface area (Å²) in [6, 6.07) is 8.75. The molecule has 0 bridgehead atoms. The smallest absolute Gasteiger partial charge is 0.407 e. The van der Waals surface area contributed by atoms with Gasteiger partial charge in [-0.2, -0.15) is 0 Å². The van der Waals surface area contributed by atoms with Gasteiger partial charge in [-0.25, -0.2) is 13.6 Å². The Morgan fingerprint density at radius 1 is 1.33 bits per heavy atom. The summed E-state index contributed by atoms with van der Waals surface area (Å²) in [4.78, 5) is 31.2. The van der Waals surface area contributed by atoms with E-state index in [2.05, 4.69) is 15.0 Å². The molecule has 1 aromatic carbocycles. The minimum atomic E-state index is -2.99. The number of hydrogen-bond donors (Lipinski definition) is 1. The summed E-state index contributed by atoms with van der Waals surface area (Å²) in [6.07, 6.45) is -1.80.